The van der Waals surface area contributed by atoms with Crippen molar-refractivity contribution in [1.29, 1.82) is 0 Å². The number of carbonyl (C=O) groups excluding carboxylic acids is 1. The zero-order valence-electron chi connectivity index (χ0n) is 11.6. The van der Waals surface area contributed by atoms with Gasteiger partial charge in [-0.15, -0.1) is 0 Å². The van der Waals surface area contributed by atoms with Crippen molar-refractivity contribution in [2.75, 3.05) is 6.54 Å². The molecule has 2 aromatic rings. The molecule has 0 bridgehead atoms. The first-order valence-electron chi connectivity index (χ1n) is 6.80. The van der Waals surface area contributed by atoms with Gasteiger partial charge in [-0.3, -0.25) is 9.78 Å². The molecule has 1 fully saturated rings. The second kappa shape index (κ2) is 5.43. The van der Waals surface area contributed by atoms with Crippen molar-refractivity contribution in [3.63, 3.8) is 0 Å². The number of amides is 1. The van der Waals surface area contributed by atoms with Crippen LogP contribution in [0, 0.1) is 6.92 Å². The molecule has 0 spiro atoms. The predicted octanol–water partition coefficient (Wildman–Crippen LogP) is 0.846. The first kappa shape index (κ1) is 13.4. The lowest BCUT2D eigenvalue weighted by molar-refractivity contribution is 0.0726. The number of aromatic amines is 1. The monoisotopic (exact) mass is 285 g/mol. The largest absolute Gasteiger partial charge is 0.345 e. The van der Waals surface area contributed by atoms with Crippen LogP contribution in [0.2, 0.25) is 0 Å². The number of rotatable bonds is 2. The molecule has 3 heterocycles. The topological polar surface area (TPSA) is 91.8 Å². The average molecular weight is 285 g/mol. The molecule has 1 N–H and O–H groups in total. The molecular formula is C14H15N5O2. The summed E-state index contributed by atoms with van der Waals surface area (Å²) in [6.07, 6.45) is 6.22. The standard InChI is InChI=1S/C14H15N5O2/c1-9-7-17-11(8-16-9)13(20)19-6-2-3-12(19)10-4-5-15-14(21)18-10/h4-5,7-8,12H,2-3,6H2,1H3,(H,15,18,21). The van der Waals surface area contributed by atoms with Gasteiger partial charge in [0, 0.05) is 24.6 Å². The van der Waals surface area contributed by atoms with Gasteiger partial charge in [-0.05, 0) is 25.8 Å². The van der Waals surface area contributed by atoms with Crippen LogP contribution in [0.5, 0.6) is 0 Å². The maximum Gasteiger partial charge on any atom is 0.345 e. The van der Waals surface area contributed by atoms with E-state index in [0.717, 1.165) is 18.5 Å². The smallest absolute Gasteiger partial charge is 0.329 e. The Balaban J connectivity index is 1.88. The minimum absolute atomic E-state index is 0.142. The van der Waals surface area contributed by atoms with E-state index in [1.165, 1.54) is 12.4 Å². The predicted molar refractivity (Wildman–Crippen MR) is 74.6 cm³/mol. The zero-order chi connectivity index (χ0) is 14.8. The lowest BCUT2D eigenvalue weighted by Crippen LogP contribution is -2.32. The lowest BCUT2D eigenvalue weighted by Gasteiger charge is -2.24. The summed E-state index contributed by atoms with van der Waals surface area (Å²) in [6, 6.07) is 1.59. The van der Waals surface area contributed by atoms with E-state index in [0.29, 0.717) is 17.9 Å². The fourth-order valence-corrected chi connectivity index (χ4v) is 2.56. The van der Waals surface area contributed by atoms with Gasteiger partial charge in [0.15, 0.2) is 0 Å². The van der Waals surface area contributed by atoms with Crippen molar-refractivity contribution < 1.29 is 4.79 Å². The molecule has 7 heteroatoms. The molecular weight excluding hydrogens is 270 g/mol. The third-order valence-electron chi connectivity index (χ3n) is 3.57. The quantitative estimate of drug-likeness (QED) is 0.883. The number of hydrogen-bond donors (Lipinski definition) is 1. The van der Waals surface area contributed by atoms with Crippen molar-refractivity contribution in [2.45, 2.75) is 25.8 Å². The number of hydrogen-bond acceptors (Lipinski definition) is 5. The van der Waals surface area contributed by atoms with Crippen molar-refractivity contribution >= 4 is 5.91 Å². The molecule has 108 valence electrons. The van der Waals surface area contributed by atoms with E-state index in [1.54, 1.807) is 17.2 Å². The Morgan fingerprint density at radius 2 is 2.19 bits per heavy atom. The zero-order valence-corrected chi connectivity index (χ0v) is 11.6. The van der Waals surface area contributed by atoms with Crippen LogP contribution in [-0.4, -0.2) is 37.3 Å². The number of H-pyrrole nitrogens is 1. The van der Waals surface area contributed by atoms with Gasteiger partial charge in [0.05, 0.1) is 17.9 Å². The van der Waals surface area contributed by atoms with Crippen molar-refractivity contribution in [1.82, 2.24) is 24.8 Å². The van der Waals surface area contributed by atoms with Gasteiger partial charge < -0.3 is 9.88 Å². The molecule has 1 aliphatic rings. The van der Waals surface area contributed by atoms with Gasteiger partial charge >= 0.3 is 5.69 Å². The summed E-state index contributed by atoms with van der Waals surface area (Å²) in [5, 5.41) is 0. The van der Waals surface area contributed by atoms with Crippen LogP contribution >= 0.6 is 0 Å². The summed E-state index contributed by atoms with van der Waals surface area (Å²) in [7, 11) is 0. The van der Waals surface area contributed by atoms with E-state index in [9.17, 15) is 9.59 Å². The van der Waals surface area contributed by atoms with Gasteiger partial charge in [-0.2, -0.15) is 0 Å². The molecule has 7 nitrogen and oxygen atoms in total. The van der Waals surface area contributed by atoms with E-state index in [-0.39, 0.29) is 11.9 Å². The number of aryl methyl sites for hydroxylation is 1. The van der Waals surface area contributed by atoms with Crippen molar-refractivity contribution in [3.05, 3.63) is 52.2 Å². The van der Waals surface area contributed by atoms with E-state index < -0.39 is 5.69 Å². The Kier molecular flexibility index (Phi) is 3.47. The summed E-state index contributed by atoms with van der Waals surface area (Å²) in [5.41, 5.74) is 1.40. The van der Waals surface area contributed by atoms with Gasteiger partial charge in [-0.1, -0.05) is 0 Å². The molecule has 1 amide bonds. The van der Waals surface area contributed by atoms with Gasteiger partial charge in [-0.25, -0.2) is 14.8 Å². The van der Waals surface area contributed by atoms with Crippen molar-refractivity contribution in [2.24, 2.45) is 0 Å². The highest BCUT2D eigenvalue weighted by Crippen LogP contribution is 2.31. The second-order valence-corrected chi connectivity index (χ2v) is 5.03. The molecule has 0 radical (unpaired) electrons. The fraction of sp³-hybridized carbons (Fsp3) is 0.357. The Morgan fingerprint density at radius 3 is 2.90 bits per heavy atom. The lowest BCUT2D eigenvalue weighted by atomic mass is 10.1. The molecule has 2 aromatic heterocycles. The summed E-state index contributed by atoms with van der Waals surface area (Å²) in [5.74, 6) is -0.164. The summed E-state index contributed by atoms with van der Waals surface area (Å²) in [4.78, 5) is 40.2. The van der Waals surface area contributed by atoms with Crippen LogP contribution in [-0.2, 0) is 0 Å². The van der Waals surface area contributed by atoms with E-state index >= 15 is 0 Å². The Hall–Kier alpha value is -2.57. The van der Waals surface area contributed by atoms with Crippen LogP contribution in [0.25, 0.3) is 0 Å². The molecule has 1 aliphatic heterocycles. The van der Waals surface area contributed by atoms with Gasteiger partial charge in [0.2, 0.25) is 0 Å². The van der Waals surface area contributed by atoms with Crippen LogP contribution < -0.4 is 5.69 Å². The van der Waals surface area contributed by atoms with E-state index in [1.807, 2.05) is 6.92 Å². The van der Waals surface area contributed by atoms with Crippen LogP contribution in [0.3, 0.4) is 0 Å². The minimum atomic E-state index is -0.401. The third-order valence-corrected chi connectivity index (χ3v) is 3.57. The molecule has 0 aliphatic carbocycles. The number of carbonyl (C=O) groups is 1. The van der Waals surface area contributed by atoms with Crippen LogP contribution in [0.15, 0.2) is 29.5 Å². The third kappa shape index (κ3) is 2.67. The molecule has 1 unspecified atom stereocenters. The summed E-state index contributed by atoms with van der Waals surface area (Å²) < 4.78 is 0. The number of likely N-dealkylation sites (tertiary alicyclic amines) is 1. The molecule has 0 aromatic carbocycles. The normalized spacial score (nSPS) is 18.0. The SMILES string of the molecule is Cc1cnc(C(=O)N2CCCC2c2ccnc(=O)[nH]2)cn1. The number of nitrogens with zero attached hydrogens (tertiary/aromatic N) is 4. The van der Waals surface area contributed by atoms with E-state index in [2.05, 4.69) is 19.9 Å². The van der Waals surface area contributed by atoms with Gasteiger partial charge in [0.25, 0.3) is 5.91 Å². The average Bonchev–Trinajstić information content (AvgIpc) is 2.97. The van der Waals surface area contributed by atoms with E-state index in [4.69, 9.17) is 0 Å². The Bertz CT molecular complexity index is 710. The van der Waals surface area contributed by atoms with Crippen LogP contribution in [0.1, 0.15) is 40.8 Å². The maximum atomic E-state index is 12.5. The first-order chi connectivity index (χ1) is 10.1. The minimum Gasteiger partial charge on any atom is -0.329 e. The second-order valence-electron chi connectivity index (χ2n) is 5.03. The molecule has 1 atom stereocenters. The number of aromatic nitrogens is 4. The molecule has 21 heavy (non-hydrogen) atoms. The molecule has 1 saturated heterocycles. The summed E-state index contributed by atoms with van der Waals surface area (Å²) >= 11 is 0. The fourth-order valence-electron chi connectivity index (χ4n) is 2.56. The van der Waals surface area contributed by atoms with Crippen molar-refractivity contribution in [3.8, 4) is 0 Å². The highest BCUT2D eigenvalue weighted by atomic mass is 16.2. The first-order valence-corrected chi connectivity index (χ1v) is 6.80. The highest BCUT2D eigenvalue weighted by Gasteiger charge is 2.31. The summed E-state index contributed by atoms with van der Waals surface area (Å²) in [6.45, 7) is 2.46. The molecule has 0 saturated carbocycles. The Morgan fingerprint density at radius 1 is 1.33 bits per heavy atom. The molecule has 3 rings (SSSR count). The number of nitrogens with one attached hydrogen (secondary N) is 1. The maximum absolute atomic E-state index is 12.5. The van der Waals surface area contributed by atoms with Gasteiger partial charge in [0.1, 0.15) is 5.69 Å². The van der Waals surface area contributed by atoms with Crippen LogP contribution in [0.4, 0.5) is 0 Å². The Labute approximate surface area is 121 Å². The highest BCUT2D eigenvalue weighted by molar-refractivity contribution is 5.92.